The van der Waals surface area contributed by atoms with Crippen LogP contribution in [0.1, 0.15) is 37.7 Å². The average Bonchev–Trinajstić information content (AvgIpc) is 2.78. The van der Waals surface area contributed by atoms with Crippen LogP contribution in [0.15, 0.2) is 36.7 Å². The largest absolute Gasteiger partial charge is 0.496 e. The third-order valence-electron chi connectivity index (χ3n) is 4.94. The summed E-state index contributed by atoms with van der Waals surface area (Å²) in [6.45, 7) is 0. The number of rotatable bonds is 10. The molecule has 0 saturated carbocycles. The van der Waals surface area contributed by atoms with E-state index in [1.165, 1.54) is 18.5 Å². The number of unbranched alkanes of at least 4 members (excludes halogenated alkanes) is 3. The highest BCUT2D eigenvalue weighted by Gasteiger charge is 2.12. The average molecular weight is 447 g/mol. The molecule has 9 heteroatoms. The van der Waals surface area contributed by atoms with Gasteiger partial charge in [0.2, 0.25) is 5.91 Å². The minimum absolute atomic E-state index is 0.0298. The van der Waals surface area contributed by atoms with Crippen LogP contribution < -0.4 is 15.5 Å². The minimum atomic E-state index is -0.483. The number of ether oxygens (including phenoxy) is 1. The van der Waals surface area contributed by atoms with Gasteiger partial charge in [0.25, 0.3) is 0 Å². The SMILES string of the molecule is COc1cc2ncnc(Nc3ccc(F)c(Cl)c3)c2cc1CCCCCCC(=O)NO. The second-order valence-corrected chi connectivity index (χ2v) is 7.51. The van der Waals surface area contributed by atoms with Crippen molar-refractivity contribution in [3.05, 3.63) is 53.1 Å². The first-order chi connectivity index (χ1) is 15.0. The lowest BCUT2D eigenvalue weighted by Gasteiger charge is -2.13. The number of nitrogens with zero attached hydrogens (tertiary/aromatic N) is 2. The molecule has 0 atom stereocenters. The van der Waals surface area contributed by atoms with Crippen molar-refractivity contribution < 1.29 is 19.1 Å². The third kappa shape index (κ3) is 6.02. The van der Waals surface area contributed by atoms with Crippen molar-refractivity contribution in [2.75, 3.05) is 12.4 Å². The van der Waals surface area contributed by atoms with Crippen LogP contribution in [0.2, 0.25) is 5.02 Å². The van der Waals surface area contributed by atoms with Crippen molar-refractivity contribution in [1.82, 2.24) is 15.4 Å². The van der Waals surface area contributed by atoms with E-state index in [-0.39, 0.29) is 10.9 Å². The van der Waals surface area contributed by atoms with Crippen molar-refractivity contribution in [3.8, 4) is 5.75 Å². The van der Waals surface area contributed by atoms with E-state index < -0.39 is 5.82 Å². The standard InChI is InChI=1S/C22H24ClFN4O3/c1-31-20-12-19-16(10-14(20)6-4-2-3-5-7-21(29)28-30)22(26-13-25-19)27-15-8-9-18(24)17(23)11-15/h8-13,30H,2-7H2,1H3,(H,28,29)(H,25,26,27). The summed E-state index contributed by atoms with van der Waals surface area (Å²) in [5.41, 5.74) is 4.01. The molecule has 0 spiro atoms. The Labute approximate surface area is 184 Å². The number of nitrogens with one attached hydrogen (secondary N) is 2. The van der Waals surface area contributed by atoms with E-state index in [4.69, 9.17) is 21.5 Å². The first kappa shape index (κ1) is 22.7. The van der Waals surface area contributed by atoms with Gasteiger partial charge in [-0.25, -0.2) is 19.8 Å². The van der Waals surface area contributed by atoms with Gasteiger partial charge in [-0.3, -0.25) is 10.0 Å². The van der Waals surface area contributed by atoms with Crippen LogP contribution in [0.5, 0.6) is 5.75 Å². The Hall–Kier alpha value is -2.97. The number of aryl methyl sites for hydroxylation is 1. The molecule has 0 aliphatic heterocycles. The molecular formula is C22H24ClFN4O3. The van der Waals surface area contributed by atoms with Gasteiger partial charge in [0.15, 0.2) is 0 Å². The van der Waals surface area contributed by atoms with E-state index in [0.29, 0.717) is 17.9 Å². The van der Waals surface area contributed by atoms with Gasteiger partial charge >= 0.3 is 0 Å². The fraction of sp³-hybridized carbons (Fsp3) is 0.318. The quantitative estimate of drug-likeness (QED) is 0.226. The molecule has 0 aliphatic carbocycles. The molecule has 3 rings (SSSR count). The van der Waals surface area contributed by atoms with E-state index >= 15 is 0 Å². The lowest BCUT2D eigenvalue weighted by Crippen LogP contribution is -2.17. The number of fused-ring (bicyclic) bond motifs is 1. The molecule has 3 aromatic rings. The topological polar surface area (TPSA) is 96.4 Å². The van der Waals surface area contributed by atoms with Crippen molar-refractivity contribution in [3.63, 3.8) is 0 Å². The Morgan fingerprint density at radius 1 is 1.16 bits per heavy atom. The maximum absolute atomic E-state index is 13.5. The number of hydroxylamine groups is 1. The van der Waals surface area contributed by atoms with Gasteiger partial charge in [0.05, 0.1) is 17.6 Å². The normalized spacial score (nSPS) is 10.8. The van der Waals surface area contributed by atoms with Gasteiger partial charge in [-0.2, -0.15) is 0 Å². The number of carbonyl (C=O) groups is 1. The second-order valence-electron chi connectivity index (χ2n) is 7.11. The lowest BCUT2D eigenvalue weighted by atomic mass is 10.0. The van der Waals surface area contributed by atoms with Crippen LogP contribution in [0.4, 0.5) is 15.9 Å². The van der Waals surface area contributed by atoms with Gasteiger partial charge in [-0.1, -0.05) is 24.4 Å². The highest BCUT2D eigenvalue weighted by Crippen LogP contribution is 2.31. The predicted molar refractivity (Wildman–Crippen MR) is 118 cm³/mol. The summed E-state index contributed by atoms with van der Waals surface area (Å²) >= 11 is 5.88. The number of benzene rings is 2. The molecule has 1 amide bonds. The summed E-state index contributed by atoms with van der Waals surface area (Å²) in [5, 5.41) is 12.5. The predicted octanol–water partition coefficient (Wildman–Crippen LogP) is 5.17. The van der Waals surface area contributed by atoms with Crippen LogP contribution in [0, 0.1) is 5.82 Å². The lowest BCUT2D eigenvalue weighted by molar-refractivity contribution is -0.129. The highest BCUT2D eigenvalue weighted by molar-refractivity contribution is 6.31. The van der Waals surface area contributed by atoms with Crippen LogP contribution in [-0.2, 0) is 11.2 Å². The highest BCUT2D eigenvalue weighted by atomic mass is 35.5. The zero-order chi connectivity index (χ0) is 22.2. The summed E-state index contributed by atoms with van der Waals surface area (Å²) in [5.74, 6) is 0.496. The third-order valence-corrected chi connectivity index (χ3v) is 5.23. The molecule has 7 nitrogen and oxygen atoms in total. The fourth-order valence-electron chi connectivity index (χ4n) is 3.33. The van der Waals surface area contributed by atoms with Gasteiger partial charge < -0.3 is 10.1 Å². The van der Waals surface area contributed by atoms with Crippen molar-refractivity contribution in [1.29, 1.82) is 0 Å². The number of amides is 1. The van der Waals surface area contributed by atoms with Crippen molar-refractivity contribution >= 4 is 39.9 Å². The van der Waals surface area contributed by atoms with Crippen molar-refractivity contribution in [2.45, 2.75) is 38.5 Å². The first-order valence-corrected chi connectivity index (χ1v) is 10.4. The van der Waals surface area contributed by atoms with E-state index in [2.05, 4.69) is 15.3 Å². The summed E-state index contributed by atoms with van der Waals surface area (Å²) in [7, 11) is 1.62. The number of hydrogen-bond donors (Lipinski definition) is 3. The molecule has 0 bridgehead atoms. The Morgan fingerprint density at radius 3 is 2.71 bits per heavy atom. The molecule has 1 heterocycles. The number of hydrogen-bond acceptors (Lipinski definition) is 6. The maximum atomic E-state index is 13.5. The first-order valence-electron chi connectivity index (χ1n) is 9.98. The Morgan fingerprint density at radius 2 is 1.97 bits per heavy atom. The van der Waals surface area contributed by atoms with Gasteiger partial charge in [-0.15, -0.1) is 0 Å². The van der Waals surface area contributed by atoms with Crippen LogP contribution in [0.25, 0.3) is 10.9 Å². The molecule has 0 aliphatic rings. The number of halogens is 2. The molecule has 3 N–H and O–H groups in total. The summed E-state index contributed by atoms with van der Waals surface area (Å²) in [4.78, 5) is 19.7. The molecule has 0 unspecified atom stereocenters. The summed E-state index contributed by atoms with van der Waals surface area (Å²) in [6, 6.07) is 8.28. The van der Waals surface area contributed by atoms with E-state index in [0.717, 1.165) is 54.3 Å². The smallest absolute Gasteiger partial charge is 0.243 e. The monoisotopic (exact) mass is 446 g/mol. The summed E-state index contributed by atoms with van der Waals surface area (Å²) in [6.07, 6.45) is 6.06. The van der Waals surface area contributed by atoms with Gasteiger partial charge in [0.1, 0.15) is 23.7 Å². The van der Waals surface area contributed by atoms with Crippen molar-refractivity contribution in [2.24, 2.45) is 0 Å². The molecule has 31 heavy (non-hydrogen) atoms. The Balaban J connectivity index is 1.74. The molecule has 164 valence electrons. The van der Waals surface area contributed by atoms with Crippen LogP contribution in [-0.4, -0.2) is 28.2 Å². The van der Waals surface area contributed by atoms with E-state index in [1.54, 1.807) is 18.7 Å². The summed E-state index contributed by atoms with van der Waals surface area (Å²) < 4.78 is 19.0. The number of methoxy groups -OCH3 is 1. The Kier molecular flexibility index (Phi) is 7.97. The molecule has 0 saturated heterocycles. The maximum Gasteiger partial charge on any atom is 0.243 e. The number of aromatic nitrogens is 2. The minimum Gasteiger partial charge on any atom is -0.496 e. The van der Waals surface area contributed by atoms with Gasteiger partial charge in [0, 0.05) is 23.6 Å². The van der Waals surface area contributed by atoms with E-state index in [1.807, 2.05) is 12.1 Å². The molecule has 0 fully saturated rings. The zero-order valence-corrected chi connectivity index (χ0v) is 17.9. The molecule has 0 radical (unpaired) electrons. The zero-order valence-electron chi connectivity index (χ0n) is 17.1. The van der Waals surface area contributed by atoms with E-state index in [9.17, 15) is 9.18 Å². The molecular weight excluding hydrogens is 423 g/mol. The Bertz CT molecular complexity index is 1060. The second kappa shape index (κ2) is 10.9. The van der Waals surface area contributed by atoms with Crippen LogP contribution in [0.3, 0.4) is 0 Å². The van der Waals surface area contributed by atoms with Gasteiger partial charge in [-0.05, 0) is 49.1 Å². The fourth-order valence-corrected chi connectivity index (χ4v) is 3.52. The molecule has 1 aromatic heterocycles. The number of anilines is 2. The van der Waals surface area contributed by atoms with Crippen LogP contribution >= 0.6 is 11.6 Å². The number of carbonyl (C=O) groups excluding carboxylic acids is 1. The molecule has 2 aromatic carbocycles.